The summed E-state index contributed by atoms with van der Waals surface area (Å²) in [6.45, 7) is 1.52. The van der Waals surface area contributed by atoms with Crippen molar-refractivity contribution < 1.29 is 18.3 Å². The van der Waals surface area contributed by atoms with E-state index in [0.717, 1.165) is 19.4 Å². The van der Waals surface area contributed by atoms with Gasteiger partial charge in [0, 0.05) is 25.6 Å². The van der Waals surface area contributed by atoms with Crippen molar-refractivity contribution in [3.63, 3.8) is 0 Å². The predicted molar refractivity (Wildman–Crippen MR) is 96.8 cm³/mol. The van der Waals surface area contributed by atoms with Crippen LogP contribution >= 0.6 is 0 Å². The van der Waals surface area contributed by atoms with Crippen molar-refractivity contribution in [2.24, 2.45) is 5.92 Å². The van der Waals surface area contributed by atoms with Crippen LogP contribution in [0, 0.1) is 5.92 Å². The second kappa shape index (κ2) is 9.12. The first kappa shape index (κ1) is 19.6. The Morgan fingerprint density at radius 1 is 1.28 bits per heavy atom. The zero-order valence-electron chi connectivity index (χ0n) is 14.5. The highest BCUT2D eigenvalue weighted by Crippen LogP contribution is 2.22. The molecule has 0 radical (unpaired) electrons. The number of carbonyl (C=O) groups is 1. The fourth-order valence-corrected chi connectivity index (χ4v) is 4.40. The minimum atomic E-state index is -3.51. The number of hydrogen-bond donors (Lipinski definition) is 2. The fourth-order valence-electron chi connectivity index (χ4n) is 3.09. The average Bonchev–Trinajstić information content (AvgIpc) is 2.90. The molecule has 1 aliphatic rings. The third kappa shape index (κ3) is 6.26. The number of carboxylic acid groups (broad SMARTS) is 1. The lowest BCUT2D eigenvalue weighted by atomic mass is 10.00. The fraction of sp³-hybridized carbons (Fsp3) is 0.500. The van der Waals surface area contributed by atoms with Crippen LogP contribution in [0.1, 0.15) is 25.7 Å². The summed E-state index contributed by atoms with van der Waals surface area (Å²) in [4.78, 5) is 12.9. The van der Waals surface area contributed by atoms with E-state index < -0.39 is 16.0 Å². The van der Waals surface area contributed by atoms with E-state index in [1.165, 1.54) is 0 Å². The molecule has 2 unspecified atom stereocenters. The second-order valence-corrected chi connectivity index (χ2v) is 8.23. The van der Waals surface area contributed by atoms with E-state index in [9.17, 15) is 13.2 Å². The van der Waals surface area contributed by atoms with Gasteiger partial charge in [-0.2, -0.15) is 0 Å². The van der Waals surface area contributed by atoms with Crippen LogP contribution in [0.15, 0.2) is 47.4 Å². The van der Waals surface area contributed by atoms with E-state index in [2.05, 4.69) is 9.62 Å². The molecule has 7 heteroatoms. The van der Waals surface area contributed by atoms with Crippen molar-refractivity contribution in [2.75, 3.05) is 20.1 Å². The number of rotatable bonds is 9. The van der Waals surface area contributed by atoms with Crippen molar-refractivity contribution in [1.29, 1.82) is 0 Å². The molecular weight excluding hydrogens is 340 g/mol. The molecule has 138 valence electrons. The van der Waals surface area contributed by atoms with E-state index in [-0.39, 0.29) is 23.3 Å². The largest absolute Gasteiger partial charge is 0.481 e. The van der Waals surface area contributed by atoms with Crippen LogP contribution in [0.5, 0.6) is 0 Å². The van der Waals surface area contributed by atoms with Gasteiger partial charge >= 0.3 is 5.97 Å². The third-order valence-corrected chi connectivity index (χ3v) is 5.86. The van der Waals surface area contributed by atoms with Crippen LogP contribution in [0.2, 0.25) is 0 Å². The summed E-state index contributed by atoms with van der Waals surface area (Å²) in [5.41, 5.74) is 0. The molecule has 0 aromatic heterocycles. The van der Waals surface area contributed by atoms with Crippen molar-refractivity contribution in [1.82, 2.24) is 9.62 Å². The molecule has 1 aromatic rings. The molecule has 2 N–H and O–H groups in total. The molecule has 2 rings (SSSR count). The molecule has 1 saturated heterocycles. The quantitative estimate of drug-likeness (QED) is 0.516. The monoisotopic (exact) mass is 366 g/mol. The molecule has 1 aliphatic heterocycles. The number of hydrogen-bond acceptors (Lipinski definition) is 4. The van der Waals surface area contributed by atoms with E-state index in [4.69, 9.17) is 5.11 Å². The first-order valence-corrected chi connectivity index (χ1v) is 9.99. The Bertz CT molecular complexity index is 688. The van der Waals surface area contributed by atoms with E-state index >= 15 is 0 Å². The van der Waals surface area contributed by atoms with Gasteiger partial charge < -0.3 is 10.0 Å². The smallest absolute Gasteiger partial charge is 0.303 e. The predicted octanol–water partition coefficient (Wildman–Crippen LogP) is 2.10. The molecular formula is C18H26N2O4S. The highest BCUT2D eigenvalue weighted by molar-refractivity contribution is 7.89. The number of likely N-dealkylation sites (N-methyl/N-ethyl adjacent to an activating group) is 1. The Balaban J connectivity index is 1.90. The number of likely N-dealkylation sites (tertiary alicyclic amines) is 1. The van der Waals surface area contributed by atoms with Gasteiger partial charge in [-0.15, -0.1) is 0 Å². The molecule has 25 heavy (non-hydrogen) atoms. The van der Waals surface area contributed by atoms with Gasteiger partial charge in [0.05, 0.1) is 4.90 Å². The summed E-state index contributed by atoms with van der Waals surface area (Å²) >= 11 is 0. The second-order valence-electron chi connectivity index (χ2n) is 6.52. The zero-order valence-corrected chi connectivity index (χ0v) is 15.3. The first-order chi connectivity index (χ1) is 11.9. The lowest BCUT2D eigenvalue weighted by Gasteiger charge is -2.18. The van der Waals surface area contributed by atoms with Crippen molar-refractivity contribution >= 4 is 16.0 Å². The summed E-state index contributed by atoms with van der Waals surface area (Å²) in [6.07, 6.45) is 6.34. The summed E-state index contributed by atoms with van der Waals surface area (Å²) in [5, 5.41) is 8.61. The number of sulfonamides is 1. The summed E-state index contributed by atoms with van der Waals surface area (Å²) < 4.78 is 27.9. The summed E-state index contributed by atoms with van der Waals surface area (Å²) in [5.74, 6) is -0.569. The van der Waals surface area contributed by atoms with E-state index in [0.29, 0.717) is 13.0 Å². The maximum absolute atomic E-state index is 12.5. The molecule has 0 amide bonds. The topological polar surface area (TPSA) is 86.7 Å². The van der Waals surface area contributed by atoms with Gasteiger partial charge in [-0.05, 0) is 44.4 Å². The Labute approximate surface area is 149 Å². The number of nitrogens with one attached hydrogen (secondary N) is 1. The number of carboxylic acids is 1. The van der Waals surface area contributed by atoms with E-state index in [1.807, 2.05) is 19.2 Å². The maximum Gasteiger partial charge on any atom is 0.303 e. The van der Waals surface area contributed by atoms with Crippen LogP contribution in [0.25, 0.3) is 0 Å². The van der Waals surface area contributed by atoms with Crippen LogP contribution < -0.4 is 4.72 Å². The molecule has 1 fully saturated rings. The normalized spacial score (nSPS) is 21.8. The Morgan fingerprint density at radius 3 is 2.68 bits per heavy atom. The average molecular weight is 366 g/mol. The summed E-state index contributed by atoms with van der Waals surface area (Å²) in [7, 11) is -1.53. The van der Waals surface area contributed by atoms with Gasteiger partial charge in [-0.25, -0.2) is 13.1 Å². The maximum atomic E-state index is 12.5. The van der Waals surface area contributed by atoms with E-state index in [1.54, 1.807) is 30.3 Å². The number of nitrogens with zero attached hydrogens (tertiary/aromatic N) is 1. The minimum Gasteiger partial charge on any atom is -0.481 e. The van der Waals surface area contributed by atoms with Gasteiger partial charge in [0.15, 0.2) is 0 Å². The van der Waals surface area contributed by atoms with Crippen LogP contribution in [0.4, 0.5) is 0 Å². The molecule has 0 bridgehead atoms. The number of unbranched alkanes of at least 4 members (excludes halogenated alkanes) is 1. The number of benzene rings is 1. The van der Waals surface area contributed by atoms with Crippen molar-refractivity contribution in [3.8, 4) is 0 Å². The lowest BCUT2D eigenvalue weighted by Crippen LogP contribution is -2.40. The van der Waals surface area contributed by atoms with Gasteiger partial charge in [0.25, 0.3) is 0 Å². The molecule has 6 nitrogen and oxygen atoms in total. The SMILES string of the molecule is CN1CC(C/C=C\CCCC(=O)O)C(NS(=O)(=O)c2ccccc2)C1. The van der Waals surface area contributed by atoms with Gasteiger partial charge in [0.1, 0.15) is 0 Å². The standard InChI is InChI=1S/C18H26N2O4S/c1-20-13-15(9-5-2-3-8-12-18(21)22)17(14-20)19-25(23,24)16-10-6-4-7-11-16/h2,4-7,10-11,15,17,19H,3,8-9,12-14H2,1H3,(H,21,22)/b5-2-. The summed E-state index contributed by atoms with van der Waals surface area (Å²) in [6, 6.07) is 8.29. The van der Waals surface area contributed by atoms with Crippen molar-refractivity contribution in [2.45, 2.75) is 36.6 Å². The van der Waals surface area contributed by atoms with Crippen molar-refractivity contribution in [3.05, 3.63) is 42.5 Å². The first-order valence-electron chi connectivity index (χ1n) is 8.51. The molecule has 1 aromatic carbocycles. The molecule has 1 heterocycles. The van der Waals surface area contributed by atoms with Crippen LogP contribution in [-0.4, -0.2) is 50.6 Å². The minimum absolute atomic E-state index is 0.126. The van der Waals surface area contributed by atoms with Gasteiger partial charge in [-0.3, -0.25) is 4.79 Å². The number of allylic oxidation sites excluding steroid dienone is 2. The zero-order chi connectivity index (χ0) is 18.3. The van der Waals surface area contributed by atoms with Gasteiger partial charge in [-0.1, -0.05) is 30.4 Å². The molecule has 0 spiro atoms. The highest BCUT2D eigenvalue weighted by Gasteiger charge is 2.33. The van der Waals surface area contributed by atoms with Crippen LogP contribution in [-0.2, 0) is 14.8 Å². The van der Waals surface area contributed by atoms with Gasteiger partial charge in [0.2, 0.25) is 10.0 Å². The van der Waals surface area contributed by atoms with Crippen LogP contribution in [0.3, 0.4) is 0 Å². The Kier molecular flexibility index (Phi) is 7.16. The molecule has 0 saturated carbocycles. The highest BCUT2D eigenvalue weighted by atomic mass is 32.2. The Morgan fingerprint density at radius 2 is 2.00 bits per heavy atom. The molecule has 0 aliphatic carbocycles. The Hall–Kier alpha value is -1.70. The molecule has 2 atom stereocenters. The lowest BCUT2D eigenvalue weighted by molar-refractivity contribution is -0.137. The number of aliphatic carboxylic acids is 1. The third-order valence-electron chi connectivity index (χ3n) is 4.35.